The van der Waals surface area contributed by atoms with E-state index < -0.39 is 0 Å². The molecule has 1 rings (SSSR count). The molecule has 0 atom stereocenters. The Labute approximate surface area is 47.4 Å². The molecule has 8 heavy (non-hydrogen) atoms. The first-order valence-electron chi connectivity index (χ1n) is 2.48. The van der Waals surface area contributed by atoms with E-state index in [4.69, 9.17) is 14.7 Å². The predicted octanol–water partition coefficient (Wildman–Crippen LogP) is -0.662. The number of hydrogen-bond donors (Lipinski definition) is 2. The quantitative estimate of drug-likeness (QED) is 0.450. The highest BCUT2D eigenvalue weighted by Gasteiger charge is 2.11. The zero-order chi connectivity index (χ0) is 5.82. The zero-order valence-electron chi connectivity index (χ0n) is 4.46. The lowest BCUT2D eigenvalue weighted by atomic mass is 10.3. The second-order valence-electron chi connectivity index (χ2n) is 1.69. The largest absolute Gasteiger partial charge is 0.354 e. The van der Waals surface area contributed by atoms with Crippen molar-refractivity contribution in [2.75, 3.05) is 20.0 Å². The zero-order valence-corrected chi connectivity index (χ0v) is 4.46. The van der Waals surface area contributed by atoms with E-state index in [-0.39, 0.29) is 6.04 Å². The summed E-state index contributed by atoms with van der Waals surface area (Å²) >= 11 is 0. The molecule has 0 amide bonds. The van der Waals surface area contributed by atoms with Crippen LogP contribution in [0.3, 0.4) is 0 Å². The minimum Gasteiger partial charge on any atom is -0.354 e. The van der Waals surface area contributed by atoms with Crippen LogP contribution >= 0.6 is 0 Å². The van der Waals surface area contributed by atoms with Crippen LogP contribution in [0.5, 0.6) is 0 Å². The Kier molecular flexibility index (Phi) is 2.23. The van der Waals surface area contributed by atoms with Crippen LogP contribution in [0.1, 0.15) is 0 Å². The molecule has 0 bridgehead atoms. The molecule has 0 unspecified atom stereocenters. The van der Waals surface area contributed by atoms with Crippen molar-refractivity contribution in [1.29, 1.82) is 0 Å². The van der Waals surface area contributed by atoms with Gasteiger partial charge in [0.1, 0.15) is 6.79 Å². The Bertz CT molecular complexity index is 62.3. The van der Waals surface area contributed by atoms with Gasteiger partial charge >= 0.3 is 0 Å². The van der Waals surface area contributed by atoms with Crippen molar-refractivity contribution < 1.29 is 14.7 Å². The lowest BCUT2D eigenvalue weighted by Crippen LogP contribution is -2.39. The molecule has 1 heterocycles. The molecule has 4 heteroatoms. The summed E-state index contributed by atoms with van der Waals surface area (Å²) in [5, 5.41) is 8.28. The first-order chi connectivity index (χ1) is 3.93. The fraction of sp³-hybridized carbons (Fsp3) is 1.00. The number of nitrogens with one attached hydrogen (secondary N) is 1. The molecule has 0 radical (unpaired) electrons. The minimum absolute atomic E-state index is 0.0521. The Morgan fingerprint density at radius 1 is 1.38 bits per heavy atom. The van der Waals surface area contributed by atoms with Gasteiger partial charge in [0.05, 0.1) is 19.3 Å². The molecule has 0 aromatic rings. The molecule has 1 fully saturated rings. The summed E-state index contributed by atoms with van der Waals surface area (Å²) < 4.78 is 9.66. The van der Waals surface area contributed by atoms with Crippen LogP contribution in [0, 0.1) is 0 Å². The highest BCUT2D eigenvalue weighted by atomic mass is 16.7. The topological polar surface area (TPSA) is 50.7 Å². The van der Waals surface area contributed by atoms with E-state index in [2.05, 4.69) is 5.48 Å². The van der Waals surface area contributed by atoms with Crippen molar-refractivity contribution in [2.45, 2.75) is 6.04 Å². The minimum atomic E-state index is -0.0521. The van der Waals surface area contributed by atoms with Gasteiger partial charge in [0.15, 0.2) is 0 Å². The third-order valence-corrected chi connectivity index (χ3v) is 0.987. The first kappa shape index (κ1) is 5.97. The third kappa shape index (κ3) is 1.41. The molecule has 48 valence electrons. The van der Waals surface area contributed by atoms with Gasteiger partial charge in [-0.05, 0) is 0 Å². The van der Waals surface area contributed by atoms with Crippen LogP contribution in [0.4, 0.5) is 0 Å². The van der Waals surface area contributed by atoms with Gasteiger partial charge in [-0.15, -0.1) is 0 Å². The number of hydrogen-bond acceptors (Lipinski definition) is 4. The molecule has 2 N–H and O–H groups in total. The van der Waals surface area contributed by atoms with Gasteiger partial charge in [-0.2, -0.15) is 5.48 Å². The van der Waals surface area contributed by atoms with Crippen molar-refractivity contribution in [1.82, 2.24) is 5.48 Å². The Morgan fingerprint density at radius 2 is 2.00 bits per heavy atom. The molecule has 0 spiro atoms. The number of hydroxylamine groups is 1. The number of ether oxygens (including phenoxy) is 2. The maximum atomic E-state index is 8.28. The molecule has 1 aliphatic rings. The Balaban J connectivity index is 2.13. The molecule has 0 aromatic carbocycles. The summed E-state index contributed by atoms with van der Waals surface area (Å²) in [7, 11) is 0. The first-order valence-corrected chi connectivity index (χ1v) is 2.48. The van der Waals surface area contributed by atoms with E-state index in [9.17, 15) is 0 Å². The standard InChI is InChI=1S/C4H9NO3/c6-5-4-1-7-3-8-2-4/h4-6H,1-3H2. The van der Waals surface area contributed by atoms with E-state index in [0.717, 1.165) is 0 Å². The molecule has 1 aliphatic heterocycles. The summed E-state index contributed by atoms with van der Waals surface area (Å²) in [6.45, 7) is 1.39. The smallest absolute Gasteiger partial charge is 0.146 e. The molecular weight excluding hydrogens is 110 g/mol. The van der Waals surface area contributed by atoms with Crippen molar-refractivity contribution in [2.24, 2.45) is 0 Å². The normalized spacial score (nSPS) is 23.6. The lowest BCUT2D eigenvalue weighted by molar-refractivity contribution is -0.130. The summed E-state index contributed by atoms with van der Waals surface area (Å²) in [6.07, 6.45) is 0. The fourth-order valence-corrected chi connectivity index (χ4v) is 0.562. The van der Waals surface area contributed by atoms with Gasteiger partial charge in [0.25, 0.3) is 0 Å². The molecule has 0 aromatic heterocycles. The van der Waals surface area contributed by atoms with Crippen LogP contribution in [0.2, 0.25) is 0 Å². The summed E-state index contributed by atoms with van der Waals surface area (Å²) in [5.74, 6) is 0. The van der Waals surface area contributed by atoms with Gasteiger partial charge in [0, 0.05) is 0 Å². The molecule has 1 saturated heterocycles. The van der Waals surface area contributed by atoms with Crippen LogP contribution in [-0.2, 0) is 9.47 Å². The van der Waals surface area contributed by atoms with Gasteiger partial charge in [-0.1, -0.05) is 0 Å². The highest BCUT2D eigenvalue weighted by molar-refractivity contribution is 4.60. The monoisotopic (exact) mass is 119 g/mol. The van der Waals surface area contributed by atoms with E-state index >= 15 is 0 Å². The van der Waals surface area contributed by atoms with E-state index in [1.807, 2.05) is 0 Å². The summed E-state index contributed by atoms with van der Waals surface area (Å²) in [5.41, 5.74) is 2.05. The molecular formula is C4H9NO3. The molecule has 4 nitrogen and oxygen atoms in total. The van der Waals surface area contributed by atoms with Crippen molar-refractivity contribution in [3.05, 3.63) is 0 Å². The highest BCUT2D eigenvalue weighted by Crippen LogP contribution is 1.93. The average molecular weight is 119 g/mol. The fourth-order valence-electron chi connectivity index (χ4n) is 0.562. The average Bonchev–Trinajstić information content (AvgIpc) is 1.90. The summed E-state index contributed by atoms with van der Waals surface area (Å²) in [4.78, 5) is 0. The van der Waals surface area contributed by atoms with Gasteiger partial charge < -0.3 is 14.7 Å². The van der Waals surface area contributed by atoms with Crippen molar-refractivity contribution >= 4 is 0 Å². The third-order valence-electron chi connectivity index (χ3n) is 0.987. The number of rotatable bonds is 1. The predicted molar refractivity (Wildman–Crippen MR) is 25.5 cm³/mol. The van der Waals surface area contributed by atoms with E-state index in [1.165, 1.54) is 0 Å². The second kappa shape index (κ2) is 2.99. The van der Waals surface area contributed by atoms with Crippen LogP contribution in [0.25, 0.3) is 0 Å². The van der Waals surface area contributed by atoms with Gasteiger partial charge in [-0.3, -0.25) is 0 Å². The van der Waals surface area contributed by atoms with Crippen molar-refractivity contribution in [3.8, 4) is 0 Å². The van der Waals surface area contributed by atoms with Gasteiger partial charge in [0.2, 0.25) is 0 Å². The van der Waals surface area contributed by atoms with Crippen LogP contribution in [0.15, 0.2) is 0 Å². The SMILES string of the molecule is ONC1COCOC1. The van der Waals surface area contributed by atoms with E-state index in [1.54, 1.807) is 0 Å². The molecule has 0 saturated carbocycles. The maximum Gasteiger partial charge on any atom is 0.146 e. The second-order valence-corrected chi connectivity index (χ2v) is 1.69. The van der Waals surface area contributed by atoms with Gasteiger partial charge in [-0.25, -0.2) is 0 Å². The Hall–Kier alpha value is -0.160. The Morgan fingerprint density at radius 3 is 2.38 bits per heavy atom. The summed E-state index contributed by atoms with van der Waals surface area (Å²) in [6, 6.07) is -0.0521. The molecule has 0 aliphatic carbocycles. The van der Waals surface area contributed by atoms with Crippen LogP contribution in [-0.4, -0.2) is 31.3 Å². The van der Waals surface area contributed by atoms with Crippen LogP contribution < -0.4 is 5.48 Å². The van der Waals surface area contributed by atoms with E-state index in [0.29, 0.717) is 20.0 Å². The lowest BCUT2D eigenvalue weighted by Gasteiger charge is -2.20. The van der Waals surface area contributed by atoms with Crippen molar-refractivity contribution in [3.63, 3.8) is 0 Å². The maximum absolute atomic E-state index is 8.28.